The van der Waals surface area contributed by atoms with Gasteiger partial charge in [0.05, 0.1) is 12.8 Å². The van der Waals surface area contributed by atoms with Crippen LogP contribution in [0.2, 0.25) is 0 Å². The highest BCUT2D eigenvalue weighted by Gasteiger charge is 2.00. The Morgan fingerprint density at radius 3 is 2.38 bits per heavy atom. The molecule has 0 aromatic heterocycles. The van der Waals surface area contributed by atoms with Gasteiger partial charge in [0.1, 0.15) is 0 Å². The van der Waals surface area contributed by atoms with Gasteiger partial charge >= 0.3 is 0 Å². The van der Waals surface area contributed by atoms with Gasteiger partial charge < -0.3 is 5.32 Å². The fourth-order valence-electron chi connectivity index (χ4n) is 2.48. The van der Waals surface area contributed by atoms with Crippen molar-refractivity contribution < 1.29 is 4.79 Å². The highest BCUT2D eigenvalue weighted by molar-refractivity contribution is 5.87. The number of hydrazone groups is 1. The van der Waals surface area contributed by atoms with Crippen molar-refractivity contribution in [1.29, 1.82) is 0 Å². The molecular formula is C22H27N3O. The zero-order chi connectivity index (χ0) is 18.5. The molecule has 2 aromatic carbocycles. The van der Waals surface area contributed by atoms with Gasteiger partial charge in [-0.1, -0.05) is 74.4 Å². The summed E-state index contributed by atoms with van der Waals surface area (Å²) in [7, 11) is 0. The van der Waals surface area contributed by atoms with E-state index in [2.05, 4.69) is 41.0 Å². The topological polar surface area (TPSA) is 53.5 Å². The molecule has 0 saturated heterocycles. The first-order valence-corrected chi connectivity index (χ1v) is 9.14. The zero-order valence-corrected chi connectivity index (χ0v) is 15.3. The van der Waals surface area contributed by atoms with E-state index in [1.54, 1.807) is 6.21 Å². The Bertz CT molecular complexity index is 709. The van der Waals surface area contributed by atoms with Crippen molar-refractivity contribution in [2.24, 2.45) is 5.10 Å². The Kier molecular flexibility index (Phi) is 8.70. The van der Waals surface area contributed by atoms with Gasteiger partial charge in [0.2, 0.25) is 0 Å². The van der Waals surface area contributed by atoms with Gasteiger partial charge in [0.25, 0.3) is 5.91 Å². The second-order valence-electron chi connectivity index (χ2n) is 6.10. The molecule has 4 nitrogen and oxygen atoms in total. The number of rotatable bonds is 10. The molecule has 0 saturated carbocycles. The van der Waals surface area contributed by atoms with Gasteiger partial charge in [0.15, 0.2) is 0 Å². The summed E-state index contributed by atoms with van der Waals surface area (Å²) in [5, 5.41) is 7.19. The van der Waals surface area contributed by atoms with Crippen LogP contribution in [0.5, 0.6) is 0 Å². The Labute approximate surface area is 156 Å². The molecule has 0 heterocycles. The number of nitrogens with zero attached hydrogens (tertiary/aromatic N) is 1. The minimum Gasteiger partial charge on any atom is -0.376 e. The first-order valence-electron chi connectivity index (χ1n) is 9.14. The Morgan fingerprint density at radius 2 is 1.69 bits per heavy atom. The van der Waals surface area contributed by atoms with Crippen molar-refractivity contribution in [2.75, 3.05) is 11.9 Å². The molecular weight excluding hydrogens is 322 g/mol. The average Bonchev–Trinajstić information content (AvgIpc) is 2.68. The number of nitrogens with one attached hydrogen (secondary N) is 2. The molecule has 0 bridgehead atoms. The van der Waals surface area contributed by atoms with Crippen LogP contribution in [-0.4, -0.2) is 18.7 Å². The molecule has 0 fully saturated rings. The third-order valence-electron chi connectivity index (χ3n) is 3.87. The van der Waals surface area contributed by atoms with E-state index < -0.39 is 0 Å². The van der Waals surface area contributed by atoms with E-state index in [1.165, 1.54) is 12.8 Å². The molecule has 2 rings (SSSR count). The van der Waals surface area contributed by atoms with Crippen molar-refractivity contribution in [3.05, 3.63) is 71.8 Å². The van der Waals surface area contributed by atoms with E-state index in [0.717, 1.165) is 29.7 Å². The molecule has 0 aliphatic carbocycles. The molecule has 136 valence electrons. The van der Waals surface area contributed by atoms with E-state index in [-0.39, 0.29) is 12.5 Å². The second kappa shape index (κ2) is 11.6. The predicted octanol–water partition coefficient (Wildman–Crippen LogP) is 4.86. The molecule has 1 amide bonds. The molecule has 0 aliphatic heterocycles. The molecule has 0 spiro atoms. The summed E-state index contributed by atoms with van der Waals surface area (Å²) in [5.41, 5.74) is 5.75. The van der Waals surface area contributed by atoms with Gasteiger partial charge in [0, 0.05) is 5.69 Å². The SMILES string of the molecule is CCCCCC(/C=N\NC(=O)CNc1ccccc1)=C\c1ccccc1. The fraction of sp³-hybridized carbons (Fsp3) is 0.273. The van der Waals surface area contributed by atoms with E-state index in [9.17, 15) is 4.79 Å². The molecule has 0 radical (unpaired) electrons. The van der Waals surface area contributed by atoms with Crippen molar-refractivity contribution in [3.63, 3.8) is 0 Å². The Morgan fingerprint density at radius 1 is 1.00 bits per heavy atom. The first kappa shape index (κ1) is 19.4. The Balaban J connectivity index is 1.87. The van der Waals surface area contributed by atoms with Crippen molar-refractivity contribution in [3.8, 4) is 0 Å². The summed E-state index contributed by atoms with van der Waals surface area (Å²) >= 11 is 0. The number of unbranched alkanes of at least 4 members (excludes halogenated alkanes) is 2. The highest BCUT2D eigenvalue weighted by atomic mass is 16.2. The lowest BCUT2D eigenvalue weighted by molar-refractivity contribution is -0.119. The number of hydrogen-bond donors (Lipinski definition) is 2. The average molecular weight is 349 g/mol. The van der Waals surface area contributed by atoms with Crippen molar-refractivity contribution >= 4 is 23.9 Å². The van der Waals surface area contributed by atoms with Crippen LogP contribution >= 0.6 is 0 Å². The molecule has 0 aliphatic rings. The molecule has 26 heavy (non-hydrogen) atoms. The van der Waals surface area contributed by atoms with Crippen LogP contribution in [0.15, 0.2) is 71.3 Å². The number of amides is 1. The number of hydrogen-bond acceptors (Lipinski definition) is 3. The summed E-state index contributed by atoms with van der Waals surface area (Å²) in [4.78, 5) is 11.9. The molecule has 0 atom stereocenters. The Hall–Kier alpha value is -2.88. The highest BCUT2D eigenvalue weighted by Crippen LogP contribution is 2.12. The summed E-state index contributed by atoms with van der Waals surface area (Å²) < 4.78 is 0. The lowest BCUT2D eigenvalue weighted by Crippen LogP contribution is -2.25. The lowest BCUT2D eigenvalue weighted by Gasteiger charge is -2.05. The zero-order valence-electron chi connectivity index (χ0n) is 15.3. The number of para-hydroxylation sites is 1. The van der Waals surface area contributed by atoms with Gasteiger partial charge in [-0.3, -0.25) is 4.79 Å². The number of carbonyl (C=O) groups is 1. The fourth-order valence-corrected chi connectivity index (χ4v) is 2.48. The van der Waals surface area contributed by atoms with Gasteiger partial charge in [-0.15, -0.1) is 0 Å². The number of anilines is 1. The van der Waals surface area contributed by atoms with Gasteiger partial charge in [-0.05, 0) is 36.1 Å². The molecule has 0 unspecified atom stereocenters. The third-order valence-corrected chi connectivity index (χ3v) is 3.87. The van der Waals surface area contributed by atoms with Crippen molar-refractivity contribution in [1.82, 2.24) is 5.43 Å². The normalized spacial score (nSPS) is 11.5. The summed E-state index contributed by atoms with van der Waals surface area (Å²) in [6.45, 7) is 2.38. The summed E-state index contributed by atoms with van der Waals surface area (Å²) in [6, 6.07) is 19.8. The van der Waals surface area contributed by atoms with Crippen LogP contribution in [0.1, 0.15) is 38.2 Å². The molecule has 2 N–H and O–H groups in total. The molecule has 2 aromatic rings. The number of carbonyl (C=O) groups excluding carboxylic acids is 1. The number of allylic oxidation sites excluding steroid dienone is 1. The van der Waals surface area contributed by atoms with Crippen molar-refractivity contribution in [2.45, 2.75) is 32.6 Å². The predicted molar refractivity (Wildman–Crippen MR) is 110 cm³/mol. The van der Waals surface area contributed by atoms with Gasteiger partial charge in [-0.2, -0.15) is 5.10 Å². The van der Waals surface area contributed by atoms with Crippen LogP contribution in [0.4, 0.5) is 5.69 Å². The summed E-state index contributed by atoms with van der Waals surface area (Å²) in [5.74, 6) is -0.169. The van der Waals surface area contributed by atoms with E-state index >= 15 is 0 Å². The maximum Gasteiger partial charge on any atom is 0.259 e. The summed E-state index contributed by atoms with van der Waals surface area (Å²) in [6.07, 6.45) is 8.30. The quantitative estimate of drug-likeness (QED) is 0.365. The van der Waals surface area contributed by atoms with Crippen LogP contribution in [0, 0.1) is 0 Å². The van der Waals surface area contributed by atoms with E-state index in [4.69, 9.17) is 0 Å². The first-order chi connectivity index (χ1) is 12.8. The molecule has 4 heteroatoms. The van der Waals surface area contributed by atoms with Crippen LogP contribution in [-0.2, 0) is 4.79 Å². The number of benzene rings is 2. The van der Waals surface area contributed by atoms with Gasteiger partial charge in [-0.25, -0.2) is 5.43 Å². The maximum absolute atomic E-state index is 11.9. The van der Waals surface area contributed by atoms with E-state index in [0.29, 0.717) is 0 Å². The minimum atomic E-state index is -0.169. The monoisotopic (exact) mass is 349 g/mol. The third kappa shape index (κ3) is 7.79. The largest absolute Gasteiger partial charge is 0.376 e. The minimum absolute atomic E-state index is 0.169. The smallest absolute Gasteiger partial charge is 0.259 e. The maximum atomic E-state index is 11.9. The second-order valence-corrected chi connectivity index (χ2v) is 6.10. The van der Waals surface area contributed by atoms with E-state index in [1.807, 2.05) is 48.5 Å². The standard InChI is InChI=1S/C22H27N3O/c1-2-3-6-13-20(16-19-11-7-4-8-12-19)17-24-25-22(26)18-23-21-14-9-5-10-15-21/h4-5,7-12,14-17,23H,2-3,6,13,18H2,1H3,(H,25,26)/b20-16+,24-17-. The lowest BCUT2D eigenvalue weighted by atomic mass is 10.1. The van der Waals surface area contributed by atoms with Crippen LogP contribution in [0.3, 0.4) is 0 Å². The van der Waals surface area contributed by atoms with Crippen LogP contribution in [0.25, 0.3) is 6.08 Å². The van der Waals surface area contributed by atoms with Crippen LogP contribution < -0.4 is 10.7 Å².